The van der Waals surface area contributed by atoms with Crippen LogP contribution in [-0.4, -0.2) is 31.6 Å². The maximum atomic E-state index is 10.7. The summed E-state index contributed by atoms with van der Waals surface area (Å²) >= 11 is 1.27. The summed E-state index contributed by atoms with van der Waals surface area (Å²) in [6, 6.07) is 0.439. The van der Waals surface area contributed by atoms with Crippen molar-refractivity contribution in [1.29, 1.82) is 0 Å². The third kappa shape index (κ3) is 3.75. The fourth-order valence-electron chi connectivity index (χ4n) is 3.09. The van der Waals surface area contributed by atoms with Gasteiger partial charge in [0, 0.05) is 6.04 Å². The average molecular weight is 297 g/mol. The number of carbonyl (C=O) groups is 1. The van der Waals surface area contributed by atoms with Gasteiger partial charge in [-0.25, -0.2) is 0 Å². The molecule has 5 nitrogen and oxygen atoms in total. The van der Waals surface area contributed by atoms with Crippen LogP contribution < -0.4 is 0 Å². The number of hydrogen-bond donors (Lipinski definition) is 1. The van der Waals surface area contributed by atoms with E-state index in [9.17, 15) is 4.79 Å². The van der Waals surface area contributed by atoms with Crippen molar-refractivity contribution in [2.45, 2.75) is 63.6 Å². The van der Waals surface area contributed by atoms with Crippen LogP contribution in [0.4, 0.5) is 0 Å². The summed E-state index contributed by atoms with van der Waals surface area (Å²) in [6.45, 7) is 4.20. The zero-order valence-electron chi connectivity index (χ0n) is 12.2. The molecule has 1 heterocycles. The summed E-state index contributed by atoms with van der Waals surface area (Å²) in [5, 5.41) is 17.8. The number of carboxylic acid groups (broad SMARTS) is 1. The van der Waals surface area contributed by atoms with Gasteiger partial charge in [0.15, 0.2) is 5.16 Å². The minimum absolute atomic E-state index is 0.0450. The second-order valence-corrected chi connectivity index (χ2v) is 6.49. The minimum Gasteiger partial charge on any atom is -0.481 e. The normalized spacial score (nSPS) is 22.9. The number of hydrogen-bond acceptors (Lipinski definition) is 4. The molecule has 1 aliphatic carbocycles. The van der Waals surface area contributed by atoms with E-state index < -0.39 is 5.97 Å². The van der Waals surface area contributed by atoms with Crippen molar-refractivity contribution in [1.82, 2.24) is 14.8 Å². The molecule has 1 aromatic rings. The lowest BCUT2D eigenvalue weighted by Gasteiger charge is -2.30. The molecule has 1 fully saturated rings. The number of aryl methyl sites for hydroxylation is 1. The first-order chi connectivity index (χ1) is 9.61. The highest BCUT2D eigenvalue weighted by Crippen LogP contribution is 2.36. The number of rotatable bonds is 6. The quantitative estimate of drug-likeness (QED) is 0.816. The van der Waals surface area contributed by atoms with E-state index in [-0.39, 0.29) is 5.75 Å². The second kappa shape index (κ2) is 7.11. The summed E-state index contributed by atoms with van der Waals surface area (Å²) in [7, 11) is 0. The standard InChI is InChI=1S/C14H23N3O2S/c1-3-4-11-5-7-12(8-6-11)17-10(2)15-16-14(17)20-9-13(18)19/h11-12H,3-9H2,1-2H3,(H,18,19). The van der Waals surface area contributed by atoms with Crippen LogP contribution in [0.15, 0.2) is 5.16 Å². The average Bonchev–Trinajstić information content (AvgIpc) is 2.79. The van der Waals surface area contributed by atoms with Gasteiger partial charge in [-0.15, -0.1) is 10.2 Å². The minimum atomic E-state index is -0.811. The topological polar surface area (TPSA) is 68.0 Å². The highest BCUT2D eigenvalue weighted by Gasteiger charge is 2.25. The van der Waals surface area contributed by atoms with Gasteiger partial charge in [-0.2, -0.15) is 0 Å². The number of thioether (sulfide) groups is 1. The Morgan fingerprint density at radius 1 is 1.35 bits per heavy atom. The molecule has 112 valence electrons. The van der Waals surface area contributed by atoms with Crippen molar-refractivity contribution in [2.75, 3.05) is 5.75 Å². The van der Waals surface area contributed by atoms with Crippen LogP contribution in [0, 0.1) is 12.8 Å². The molecule has 2 rings (SSSR count). The third-order valence-electron chi connectivity index (χ3n) is 4.04. The summed E-state index contributed by atoms with van der Waals surface area (Å²) in [4.78, 5) is 10.7. The Morgan fingerprint density at radius 2 is 2.05 bits per heavy atom. The first-order valence-corrected chi connectivity index (χ1v) is 8.36. The molecule has 0 aliphatic heterocycles. The Balaban J connectivity index is 2.01. The second-order valence-electron chi connectivity index (χ2n) is 5.55. The van der Waals surface area contributed by atoms with Crippen LogP contribution >= 0.6 is 11.8 Å². The molecular formula is C14H23N3O2S. The molecule has 0 saturated heterocycles. The van der Waals surface area contributed by atoms with Gasteiger partial charge in [0.2, 0.25) is 0 Å². The first kappa shape index (κ1) is 15.4. The van der Waals surface area contributed by atoms with Gasteiger partial charge in [0.25, 0.3) is 0 Å². The van der Waals surface area contributed by atoms with Crippen LogP contribution in [0.5, 0.6) is 0 Å². The Kier molecular flexibility index (Phi) is 5.46. The maximum absolute atomic E-state index is 10.7. The SMILES string of the molecule is CCCC1CCC(n2c(C)nnc2SCC(=O)O)CC1. The van der Waals surface area contributed by atoms with Gasteiger partial charge >= 0.3 is 5.97 Å². The monoisotopic (exact) mass is 297 g/mol. The molecule has 1 aromatic heterocycles. The van der Waals surface area contributed by atoms with Crippen LogP contribution in [0.2, 0.25) is 0 Å². The zero-order chi connectivity index (χ0) is 14.5. The highest BCUT2D eigenvalue weighted by molar-refractivity contribution is 7.99. The lowest BCUT2D eigenvalue weighted by atomic mass is 9.83. The van der Waals surface area contributed by atoms with E-state index in [0.717, 1.165) is 29.7 Å². The highest BCUT2D eigenvalue weighted by atomic mass is 32.2. The molecule has 0 unspecified atom stereocenters. The molecule has 0 spiro atoms. The Bertz CT molecular complexity index is 453. The van der Waals surface area contributed by atoms with Crippen molar-refractivity contribution in [3.05, 3.63) is 5.82 Å². The summed E-state index contributed by atoms with van der Waals surface area (Å²) in [5.41, 5.74) is 0. The largest absolute Gasteiger partial charge is 0.481 e. The number of carboxylic acids is 1. The molecular weight excluding hydrogens is 274 g/mol. The number of aromatic nitrogens is 3. The molecule has 0 radical (unpaired) electrons. The molecule has 1 saturated carbocycles. The zero-order valence-corrected chi connectivity index (χ0v) is 13.0. The molecule has 0 bridgehead atoms. The van der Waals surface area contributed by atoms with Gasteiger partial charge < -0.3 is 9.67 Å². The van der Waals surface area contributed by atoms with E-state index in [4.69, 9.17) is 5.11 Å². The van der Waals surface area contributed by atoms with Crippen LogP contribution in [0.1, 0.15) is 57.3 Å². The van der Waals surface area contributed by atoms with E-state index in [1.165, 1.54) is 37.4 Å². The summed E-state index contributed by atoms with van der Waals surface area (Å²) in [6.07, 6.45) is 7.43. The predicted octanol–water partition coefficient (Wildman–Crippen LogP) is 3.29. The van der Waals surface area contributed by atoms with E-state index in [0.29, 0.717) is 6.04 Å². The van der Waals surface area contributed by atoms with Crippen molar-refractivity contribution in [2.24, 2.45) is 5.92 Å². The number of nitrogens with zero attached hydrogens (tertiary/aromatic N) is 3. The van der Waals surface area contributed by atoms with Crippen LogP contribution in [0.25, 0.3) is 0 Å². The first-order valence-electron chi connectivity index (χ1n) is 7.38. The van der Waals surface area contributed by atoms with E-state index in [1.54, 1.807) is 0 Å². The van der Waals surface area contributed by atoms with Crippen molar-refractivity contribution in [3.63, 3.8) is 0 Å². The van der Waals surface area contributed by atoms with Gasteiger partial charge in [0.05, 0.1) is 5.75 Å². The molecule has 0 amide bonds. The molecule has 0 atom stereocenters. The molecule has 6 heteroatoms. The Labute approximate surface area is 124 Å². The van der Waals surface area contributed by atoms with Gasteiger partial charge in [-0.1, -0.05) is 31.5 Å². The van der Waals surface area contributed by atoms with Crippen molar-refractivity contribution < 1.29 is 9.90 Å². The smallest absolute Gasteiger partial charge is 0.313 e. The van der Waals surface area contributed by atoms with E-state index in [1.807, 2.05) is 6.92 Å². The number of aliphatic carboxylic acids is 1. The van der Waals surface area contributed by atoms with Gasteiger partial charge in [-0.3, -0.25) is 4.79 Å². The fraction of sp³-hybridized carbons (Fsp3) is 0.786. The lowest BCUT2D eigenvalue weighted by molar-refractivity contribution is -0.133. The van der Waals surface area contributed by atoms with Crippen LogP contribution in [0.3, 0.4) is 0 Å². The summed E-state index contributed by atoms with van der Waals surface area (Å²) < 4.78 is 2.15. The molecule has 1 aliphatic rings. The van der Waals surface area contributed by atoms with E-state index >= 15 is 0 Å². The Hall–Kier alpha value is -1.04. The molecule has 20 heavy (non-hydrogen) atoms. The van der Waals surface area contributed by atoms with E-state index in [2.05, 4.69) is 21.7 Å². The van der Waals surface area contributed by atoms with Crippen LogP contribution in [-0.2, 0) is 4.79 Å². The van der Waals surface area contributed by atoms with Gasteiger partial charge in [-0.05, 0) is 38.5 Å². The van der Waals surface area contributed by atoms with Gasteiger partial charge in [0.1, 0.15) is 5.82 Å². The Morgan fingerprint density at radius 3 is 2.65 bits per heavy atom. The molecule has 0 aromatic carbocycles. The summed E-state index contributed by atoms with van der Waals surface area (Å²) in [5.74, 6) is 0.998. The van der Waals surface area contributed by atoms with Crippen molar-refractivity contribution >= 4 is 17.7 Å². The van der Waals surface area contributed by atoms with Crippen molar-refractivity contribution in [3.8, 4) is 0 Å². The fourth-order valence-corrected chi connectivity index (χ4v) is 3.87. The maximum Gasteiger partial charge on any atom is 0.313 e. The molecule has 1 N–H and O–H groups in total. The lowest BCUT2D eigenvalue weighted by Crippen LogP contribution is -2.20. The third-order valence-corrected chi connectivity index (χ3v) is 4.97. The predicted molar refractivity (Wildman–Crippen MR) is 79.0 cm³/mol.